The molecule has 2 amide bonds. The van der Waals surface area contributed by atoms with Crippen molar-refractivity contribution in [2.75, 3.05) is 13.2 Å². The van der Waals surface area contributed by atoms with Crippen LogP contribution in [-0.4, -0.2) is 46.2 Å². The number of carbonyl (C=O) groups excluding carboxylic acids is 2. The molecule has 0 bridgehead atoms. The van der Waals surface area contributed by atoms with Gasteiger partial charge in [0.05, 0.1) is 13.1 Å². The zero-order valence-electron chi connectivity index (χ0n) is 19.3. The van der Waals surface area contributed by atoms with E-state index in [0.717, 1.165) is 29.8 Å². The number of aromatic nitrogens is 2. The third-order valence-electron chi connectivity index (χ3n) is 5.80. The van der Waals surface area contributed by atoms with Crippen molar-refractivity contribution >= 4 is 34.1 Å². The lowest BCUT2D eigenvalue weighted by atomic mass is 10.0. The maximum Gasteiger partial charge on any atom is 0.573 e. The summed E-state index contributed by atoms with van der Waals surface area (Å²) in [5.41, 5.74) is 3.66. The number of nitrogens with zero attached hydrogens (tertiary/aromatic N) is 2. The molecule has 2 N–H and O–H groups in total. The van der Waals surface area contributed by atoms with E-state index in [1.807, 2.05) is 18.2 Å². The highest BCUT2D eigenvalue weighted by Gasteiger charge is 2.31. The van der Waals surface area contributed by atoms with Gasteiger partial charge in [0.1, 0.15) is 22.2 Å². The van der Waals surface area contributed by atoms with Gasteiger partial charge in [-0.2, -0.15) is 0 Å². The summed E-state index contributed by atoms with van der Waals surface area (Å²) in [6.45, 7) is 0.854. The van der Waals surface area contributed by atoms with Gasteiger partial charge in [0.15, 0.2) is 6.61 Å². The molecule has 1 aliphatic heterocycles. The van der Waals surface area contributed by atoms with Gasteiger partial charge in [-0.25, -0.2) is 4.98 Å². The van der Waals surface area contributed by atoms with Crippen LogP contribution in [0, 0.1) is 0 Å². The molecule has 3 heterocycles. The fourth-order valence-corrected chi connectivity index (χ4v) is 4.84. The molecule has 1 aliphatic rings. The van der Waals surface area contributed by atoms with Crippen molar-refractivity contribution in [3.05, 3.63) is 75.9 Å². The van der Waals surface area contributed by atoms with Crippen LogP contribution in [0.2, 0.25) is 0 Å². The number of halogens is 3. The number of rotatable bonds is 7. The van der Waals surface area contributed by atoms with E-state index in [4.69, 9.17) is 4.74 Å². The van der Waals surface area contributed by atoms with Crippen LogP contribution < -0.4 is 14.8 Å². The topological polar surface area (TPSA) is 96.6 Å². The Labute approximate surface area is 213 Å². The Morgan fingerprint density at radius 2 is 1.86 bits per heavy atom. The maximum atomic E-state index is 13.0. The molecule has 0 atom stereocenters. The van der Waals surface area contributed by atoms with E-state index < -0.39 is 12.3 Å². The van der Waals surface area contributed by atoms with Crippen LogP contribution in [-0.2, 0) is 24.3 Å². The highest BCUT2D eigenvalue weighted by atomic mass is 32.1. The molecule has 2 aromatic carbocycles. The second-order valence-corrected chi connectivity index (χ2v) is 9.26. The van der Waals surface area contributed by atoms with Crippen molar-refractivity contribution < 1.29 is 32.2 Å². The van der Waals surface area contributed by atoms with Crippen LogP contribution in [0.4, 0.5) is 13.2 Å². The average Bonchev–Trinajstić information content (AvgIpc) is 3.50. The van der Waals surface area contributed by atoms with Gasteiger partial charge in [0, 0.05) is 28.5 Å². The number of fused-ring (bicyclic) bond motifs is 3. The third-order valence-corrected chi connectivity index (χ3v) is 6.65. The predicted octanol–water partition coefficient (Wildman–Crippen LogP) is 4.42. The summed E-state index contributed by atoms with van der Waals surface area (Å²) in [5, 5.41) is 6.08. The van der Waals surface area contributed by atoms with E-state index in [1.54, 1.807) is 10.3 Å². The molecule has 4 aromatic rings. The Bertz CT molecular complexity index is 1430. The number of para-hydroxylation sites is 1. The zero-order valence-corrected chi connectivity index (χ0v) is 20.1. The van der Waals surface area contributed by atoms with E-state index in [9.17, 15) is 22.8 Å². The van der Waals surface area contributed by atoms with E-state index in [0.29, 0.717) is 23.8 Å². The van der Waals surface area contributed by atoms with Crippen LogP contribution in [0.1, 0.15) is 26.8 Å². The average molecular weight is 531 g/mol. The van der Waals surface area contributed by atoms with Gasteiger partial charge in [0.25, 0.3) is 11.8 Å². The lowest BCUT2D eigenvalue weighted by Gasteiger charge is -2.26. The van der Waals surface area contributed by atoms with Gasteiger partial charge in [-0.15, -0.1) is 24.5 Å². The third kappa shape index (κ3) is 5.85. The Kier molecular flexibility index (Phi) is 6.74. The van der Waals surface area contributed by atoms with Crippen LogP contribution in [0.5, 0.6) is 11.5 Å². The molecule has 0 spiro atoms. The van der Waals surface area contributed by atoms with E-state index in [-0.39, 0.29) is 30.6 Å². The minimum absolute atomic E-state index is 0.116. The number of thiazole rings is 1. The monoisotopic (exact) mass is 530 g/mol. The summed E-state index contributed by atoms with van der Waals surface area (Å²) >= 11 is 1.27. The smallest absolute Gasteiger partial charge is 0.484 e. The molecule has 12 heteroatoms. The van der Waals surface area contributed by atoms with Gasteiger partial charge in [-0.1, -0.05) is 18.2 Å². The number of ether oxygens (including phenoxy) is 2. The highest BCUT2D eigenvalue weighted by molar-refractivity contribution is 7.09. The summed E-state index contributed by atoms with van der Waals surface area (Å²) in [6, 6.07) is 12.8. The first kappa shape index (κ1) is 24.6. The first-order chi connectivity index (χ1) is 17.7. The quantitative estimate of drug-likeness (QED) is 0.369. The molecule has 0 aliphatic carbocycles. The summed E-state index contributed by atoms with van der Waals surface area (Å²) in [4.78, 5) is 34.7. The molecule has 0 radical (unpaired) electrons. The standard InChI is InChI=1S/C25H21F3N4O4S/c26-25(27,28)36-16-7-5-15(6-8-16)35-13-22(33)29-11-23-31-21(14-37-23)24(34)32-10-9-18-17-3-1-2-4-19(17)30-20(18)12-32/h1-8,14,30H,9-13H2,(H,29,33). The Hall–Kier alpha value is -4.06. The molecule has 2 aromatic heterocycles. The number of benzene rings is 2. The molecule has 37 heavy (non-hydrogen) atoms. The van der Waals surface area contributed by atoms with Gasteiger partial charge < -0.3 is 24.7 Å². The summed E-state index contributed by atoms with van der Waals surface area (Å²) in [5.74, 6) is -0.781. The summed E-state index contributed by atoms with van der Waals surface area (Å²) in [7, 11) is 0. The molecule has 0 saturated heterocycles. The predicted molar refractivity (Wildman–Crippen MR) is 129 cm³/mol. The van der Waals surface area contributed by atoms with Crippen LogP contribution in [0.15, 0.2) is 53.9 Å². The fraction of sp³-hybridized carbons (Fsp3) is 0.240. The van der Waals surface area contributed by atoms with E-state index in [1.165, 1.54) is 34.4 Å². The summed E-state index contributed by atoms with van der Waals surface area (Å²) < 4.78 is 45.7. The first-order valence-electron chi connectivity index (χ1n) is 11.3. The van der Waals surface area contributed by atoms with Crippen molar-refractivity contribution in [3.63, 3.8) is 0 Å². The number of nitrogens with one attached hydrogen (secondary N) is 2. The lowest BCUT2D eigenvalue weighted by molar-refractivity contribution is -0.274. The molecule has 0 saturated carbocycles. The second kappa shape index (κ2) is 10.1. The van der Waals surface area contributed by atoms with Crippen molar-refractivity contribution in [3.8, 4) is 11.5 Å². The van der Waals surface area contributed by atoms with Gasteiger partial charge in [0.2, 0.25) is 0 Å². The molecular weight excluding hydrogens is 509 g/mol. The number of aromatic amines is 1. The highest BCUT2D eigenvalue weighted by Crippen LogP contribution is 2.28. The molecule has 0 unspecified atom stereocenters. The zero-order chi connectivity index (χ0) is 26.0. The molecule has 5 rings (SSSR count). The first-order valence-corrected chi connectivity index (χ1v) is 12.2. The second-order valence-electron chi connectivity index (χ2n) is 8.32. The van der Waals surface area contributed by atoms with E-state index in [2.05, 4.69) is 26.1 Å². The Balaban J connectivity index is 1.10. The number of hydrogen-bond acceptors (Lipinski definition) is 6. The van der Waals surface area contributed by atoms with Crippen molar-refractivity contribution in [2.45, 2.75) is 25.9 Å². The largest absolute Gasteiger partial charge is 0.573 e. The van der Waals surface area contributed by atoms with Crippen LogP contribution in [0.3, 0.4) is 0 Å². The van der Waals surface area contributed by atoms with Gasteiger partial charge >= 0.3 is 6.36 Å². The minimum atomic E-state index is -4.78. The lowest BCUT2D eigenvalue weighted by Crippen LogP contribution is -2.36. The number of H-pyrrole nitrogens is 1. The maximum absolute atomic E-state index is 13.0. The van der Waals surface area contributed by atoms with Crippen molar-refractivity contribution in [1.29, 1.82) is 0 Å². The summed E-state index contributed by atoms with van der Waals surface area (Å²) in [6.07, 6.45) is -4.02. The van der Waals surface area contributed by atoms with Gasteiger partial charge in [-0.05, 0) is 42.3 Å². The van der Waals surface area contributed by atoms with Gasteiger partial charge in [-0.3, -0.25) is 9.59 Å². The number of carbonyl (C=O) groups is 2. The van der Waals surface area contributed by atoms with Crippen molar-refractivity contribution in [2.24, 2.45) is 0 Å². The van der Waals surface area contributed by atoms with E-state index >= 15 is 0 Å². The van der Waals surface area contributed by atoms with Crippen LogP contribution >= 0.6 is 11.3 Å². The number of alkyl halides is 3. The molecule has 8 nitrogen and oxygen atoms in total. The molecule has 192 valence electrons. The number of amides is 2. The van der Waals surface area contributed by atoms with Crippen LogP contribution in [0.25, 0.3) is 10.9 Å². The molecule has 0 fully saturated rings. The van der Waals surface area contributed by atoms with Crippen molar-refractivity contribution in [1.82, 2.24) is 20.2 Å². The fourth-order valence-electron chi connectivity index (χ4n) is 4.13. The normalized spacial score (nSPS) is 13.3. The Morgan fingerprint density at radius 3 is 2.65 bits per heavy atom. The SMILES string of the molecule is O=C(COc1ccc(OC(F)(F)F)cc1)NCc1nc(C(=O)N2CCc3c([nH]c4ccccc34)C2)cs1. The Morgan fingerprint density at radius 1 is 1.11 bits per heavy atom. The molecular formula is C25H21F3N4O4S. The number of hydrogen-bond donors (Lipinski definition) is 2. The minimum Gasteiger partial charge on any atom is -0.484 e.